The molecule has 0 saturated heterocycles. The van der Waals surface area contributed by atoms with Gasteiger partial charge in [0.1, 0.15) is 7.85 Å². The van der Waals surface area contributed by atoms with Gasteiger partial charge in [0.2, 0.25) is 0 Å². The Balaban J connectivity index is 2.24. The smallest absolute Gasteiger partial charge is 0.116 e. The van der Waals surface area contributed by atoms with E-state index in [-0.39, 0.29) is 6.10 Å². The van der Waals surface area contributed by atoms with Crippen LogP contribution < -0.4 is 5.46 Å². The Labute approximate surface area is 110 Å². The third-order valence-corrected chi connectivity index (χ3v) is 3.47. The molecule has 1 unspecified atom stereocenters. The maximum atomic E-state index is 6.05. The molecule has 0 bridgehead atoms. The predicted octanol–water partition coefficient (Wildman–Crippen LogP) is 1.30. The SMILES string of the molecule is [B]c1cc(C2=CCN(C)CC2)cnc1C(C)OC. The second-order valence-electron chi connectivity index (χ2n) is 4.82. The number of pyridine rings is 1. The minimum Gasteiger partial charge on any atom is -0.375 e. The van der Waals surface area contributed by atoms with E-state index in [2.05, 4.69) is 23.0 Å². The Morgan fingerprint density at radius 2 is 2.28 bits per heavy atom. The van der Waals surface area contributed by atoms with Crippen molar-refractivity contribution >= 4 is 18.9 Å². The molecule has 0 aromatic carbocycles. The van der Waals surface area contributed by atoms with Crippen LogP contribution in [0, 0.1) is 0 Å². The topological polar surface area (TPSA) is 25.4 Å². The van der Waals surface area contributed by atoms with Crippen molar-refractivity contribution < 1.29 is 4.74 Å². The largest absolute Gasteiger partial charge is 0.375 e. The molecule has 1 aliphatic heterocycles. The van der Waals surface area contributed by atoms with Crippen molar-refractivity contribution in [1.82, 2.24) is 9.88 Å². The van der Waals surface area contributed by atoms with Crippen molar-refractivity contribution in [2.45, 2.75) is 19.4 Å². The van der Waals surface area contributed by atoms with Gasteiger partial charge in [-0.25, -0.2) is 0 Å². The van der Waals surface area contributed by atoms with Gasteiger partial charge in [-0.15, -0.1) is 0 Å². The fraction of sp³-hybridized carbons (Fsp3) is 0.500. The molecule has 0 aliphatic carbocycles. The Morgan fingerprint density at radius 3 is 2.83 bits per heavy atom. The number of nitrogens with zero attached hydrogens (tertiary/aromatic N) is 2. The van der Waals surface area contributed by atoms with Crippen LogP contribution in [0.5, 0.6) is 0 Å². The zero-order valence-corrected chi connectivity index (χ0v) is 11.3. The minimum atomic E-state index is -0.0643. The number of ether oxygens (including phenoxy) is 1. The fourth-order valence-corrected chi connectivity index (χ4v) is 2.15. The highest BCUT2D eigenvalue weighted by molar-refractivity contribution is 6.33. The first kappa shape index (κ1) is 13.3. The average Bonchev–Trinajstić information content (AvgIpc) is 2.38. The standard InChI is InChI=1S/C14H19BN2O/c1-10(18-3)14-13(15)8-12(9-16-14)11-4-6-17(2)7-5-11/h4,8-10H,5-7H2,1-3H3. The summed E-state index contributed by atoms with van der Waals surface area (Å²) in [5.74, 6) is 0. The molecule has 0 spiro atoms. The van der Waals surface area contributed by atoms with Crippen molar-refractivity contribution in [3.05, 3.63) is 29.6 Å². The molecular formula is C14H19BN2O. The van der Waals surface area contributed by atoms with E-state index in [1.165, 1.54) is 5.57 Å². The quantitative estimate of drug-likeness (QED) is 0.747. The van der Waals surface area contributed by atoms with E-state index in [9.17, 15) is 0 Å². The first-order valence-corrected chi connectivity index (χ1v) is 6.28. The van der Waals surface area contributed by atoms with Crippen LogP contribution in [-0.2, 0) is 4.74 Å². The molecule has 1 aliphatic rings. The minimum absolute atomic E-state index is 0.0643. The van der Waals surface area contributed by atoms with E-state index in [0.717, 1.165) is 30.8 Å². The molecule has 2 rings (SSSR count). The number of rotatable bonds is 3. The first-order valence-electron chi connectivity index (χ1n) is 6.28. The average molecular weight is 242 g/mol. The first-order chi connectivity index (χ1) is 8.61. The van der Waals surface area contributed by atoms with E-state index in [1.807, 2.05) is 19.2 Å². The highest BCUT2D eigenvalue weighted by Crippen LogP contribution is 2.21. The van der Waals surface area contributed by atoms with E-state index in [4.69, 9.17) is 12.6 Å². The number of hydrogen-bond acceptors (Lipinski definition) is 3. The van der Waals surface area contributed by atoms with Gasteiger partial charge in [0, 0.05) is 26.4 Å². The Morgan fingerprint density at radius 1 is 1.50 bits per heavy atom. The Kier molecular flexibility index (Phi) is 4.20. The lowest BCUT2D eigenvalue weighted by Gasteiger charge is -2.22. The van der Waals surface area contributed by atoms with E-state index < -0.39 is 0 Å². The van der Waals surface area contributed by atoms with Crippen LogP contribution in [0.2, 0.25) is 0 Å². The van der Waals surface area contributed by atoms with Crippen molar-refractivity contribution in [1.29, 1.82) is 0 Å². The third kappa shape index (κ3) is 2.82. The van der Waals surface area contributed by atoms with Crippen LogP contribution in [0.1, 0.15) is 30.7 Å². The summed E-state index contributed by atoms with van der Waals surface area (Å²) < 4.78 is 5.25. The van der Waals surface area contributed by atoms with Crippen LogP contribution in [0.25, 0.3) is 5.57 Å². The van der Waals surface area contributed by atoms with Crippen LogP contribution in [0.15, 0.2) is 18.3 Å². The molecule has 3 nitrogen and oxygen atoms in total. The van der Waals surface area contributed by atoms with Gasteiger partial charge < -0.3 is 9.64 Å². The molecule has 0 fully saturated rings. The maximum Gasteiger partial charge on any atom is 0.116 e. The highest BCUT2D eigenvalue weighted by atomic mass is 16.5. The summed E-state index contributed by atoms with van der Waals surface area (Å²) in [5.41, 5.74) is 3.99. The molecule has 94 valence electrons. The lowest BCUT2D eigenvalue weighted by molar-refractivity contribution is 0.117. The van der Waals surface area contributed by atoms with Gasteiger partial charge in [0.25, 0.3) is 0 Å². The molecule has 0 amide bonds. The normalized spacial score (nSPS) is 18.5. The Bertz CT molecular complexity index is 459. The predicted molar refractivity (Wildman–Crippen MR) is 75.1 cm³/mol. The summed E-state index contributed by atoms with van der Waals surface area (Å²) in [6.07, 6.45) is 5.14. The zero-order chi connectivity index (χ0) is 13.1. The maximum absolute atomic E-state index is 6.05. The van der Waals surface area contributed by atoms with Crippen LogP contribution in [-0.4, -0.2) is 45.0 Å². The van der Waals surface area contributed by atoms with Crippen LogP contribution in [0.3, 0.4) is 0 Å². The second kappa shape index (κ2) is 5.68. The van der Waals surface area contributed by atoms with Gasteiger partial charge in [0.05, 0.1) is 11.8 Å². The molecule has 1 aromatic rings. The number of aromatic nitrogens is 1. The van der Waals surface area contributed by atoms with Gasteiger partial charge in [-0.1, -0.05) is 17.6 Å². The molecule has 0 N–H and O–H groups in total. The lowest BCUT2D eigenvalue weighted by atomic mass is 9.88. The molecule has 2 heterocycles. The van der Waals surface area contributed by atoms with Crippen LogP contribution in [0.4, 0.5) is 0 Å². The van der Waals surface area contributed by atoms with Crippen molar-refractivity contribution in [2.24, 2.45) is 0 Å². The molecule has 1 aromatic heterocycles. The monoisotopic (exact) mass is 242 g/mol. The van der Waals surface area contributed by atoms with Gasteiger partial charge in [-0.3, -0.25) is 4.98 Å². The summed E-state index contributed by atoms with van der Waals surface area (Å²) in [6, 6.07) is 2.01. The van der Waals surface area contributed by atoms with E-state index in [0.29, 0.717) is 5.46 Å². The number of hydrogen-bond donors (Lipinski definition) is 0. The molecule has 0 saturated carbocycles. The van der Waals surface area contributed by atoms with Gasteiger partial charge in [0.15, 0.2) is 0 Å². The van der Waals surface area contributed by atoms with Gasteiger partial charge in [-0.05, 0) is 31.5 Å². The van der Waals surface area contributed by atoms with E-state index in [1.54, 1.807) is 7.11 Å². The van der Waals surface area contributed by atoms with Crippen LogP contribution >= 0.6 is 0 Å². The third-order valence-electron chi connectivity index (χ3n) is 3.47. The zero-order valence-electron chi connectivity index (χ0n) is 11.3. The molecular weight excluding hydrogens is 223 g/mol. The number of methoxy groups -OCH3 is 1. The lowest BCUT2D eigenvalue weighted by Crippen LogP contribution is -2.24. The van der Waals surface area contributed by atoms with Crippen molar-refractivity contribution in [2.75, 3.05) is 27.2 Å². The van der Waals surface area contributed by atoms with Crippen molar-refractivity contribution in [3.8, 4) is 0 Å². The highest BCUT2D eigenvalue weighted by Gasteiger charge is 2.13. The second-order valence-corrected chi connectivity index (χ2v) is 4.82. The summed E-state index contributed by atoms with van der Waals surface area (Å²) in [5, 5.41) is 0. The molecule has 2 radical (unpaired) electrons. The summed E-state index contributed by atoms with van der Waals surface area (Å²) in [6.45, 7) is 4.03. The molecule has 18 heavy (non-hydrogen) atoms. The summed E-state index contributed by atoms with van der Waals surface area (Å²) >= 11 is 0. The van der Waals surface area contributed by atoms with Gasteiger partial charge in [-0.2, -0.15) is 0 Å². The van der Waals surface area contributed by atoms with Gasteiger partial charge >= 0.3 is 0 Å². The summed E-state index contributed by atoms with van der Waals surface area (Å²) in [4.78, 5) is 6.73. The summed E-state index contributed by atoms with van der Waals surface area (Å²) in [7, 11) is 9.85. The fourth-order valence-electron chi connectivity index (χ4n) is 2.15. The Hall–Kier alpha value is -1.13. The molecule has 1 atom stereocenters. The number of likely N-dealkylation sites (N-methyl/N-ethyl adjacent to an activating group) is 1. The molecule has 4 heteroatoms. The van der Waals surface area contributed by atoms with E-state index >= 15 is 0 Å². The van der Waals surface area contributed by atoms with Crippen molar-refractivity contribution in [3.63, 3.8) is 0 Å².